The zero-order valence-electron chi connectivity index (χ0n) is 9.90. The molecular weight excluding hydrogens is 261 g/mol. The van der Waals surface area contributed by atoms with Crippen molar-refractivity contribution in [1.29, 1.82) is 0 Å². The van der Waals surface area contributed by atoms with Crippen molar-refractivity contribution in [2.75, 3.05) is 6.61 Å². The molecule has 0 aliphatic rings. The highest BCUT2D eigenvalue weighted by atomic mass is 35.5. The van der Waals surface area contributed by atoms with Crippen molar-refractivity contribution in [2.24, 2.45) is 5.73 Å². The molecular formula is C12H17Cl2NO2. The predicted molar refractivity (Wildman–Crippen MR) is 71.6 cm³/mol. The summed E-state index contributed by atoms with van der Waals surface area (Å²) in [7, 11) is 0. The molecule has 3 nitrogen and oxygen atoms in total. The fraction of sp³-hybridized carbons (Fsp3) is 0.417. The standard InChI is InChI=1S/C12H16ClNO2.ClH/c1-3-16-12(15)7-11(14)9-4-5-10(13)8(2)6-9;/h4-6,11H,3,7,14H2,1-2H3;1H/t11-;/m1./s1. The van der Waals surface area contributed by atoms with Gasteiger partial charge in [-0.15, -0.1) is 12.4 Å². The Bertz CT molecular complexity index is 383. The molecule has 1 aromatic rings. The van der Waals surface area contributed by atoms with Crippen molar-refractivity contribution in [1.82, 2.24) is 0 Å². The van der Waals surface area contributed by atoms with Crippen LogP contribution >= 0.6 is 24.0 Å². The molecule has 0 unspecified atom stereocenters. The lowest BCUT2D eigenvalue weighted by Crippen LogP contribution is -2.17. The average molecular weight is 278 g/mol. The lowest BCUT2D eigenvalue weighted by atomic mass is 10.0. The molecule has 0 amide bonds. The van der Waals surface area contributed by atoms with Gasteiger partial charge in [-0.1, -0.05) is 23.7 Å². The van der Waals surface area contributed by atoms with Gasteiger partial charge in [-0.25, -0.2) is 0 Å². The van der Waals surface area contributed by atoms with E-state index in [1.165, 1.54) is 0 Å². The lowest BCUT2D eigenvalue weighted by molar-refractivity contribution is -0.143. The zero-order chi connectivity index (χ0) is 12.1. The number of hydrogen-bond acceptors (Lipinski definition) is 3. The van der Waals surface area contributed by atoms with Crippen molar-refractivity contribution in [2.45, 2.75) is 26.3 Å². The summed E-state index contributed by atoms with van der Waals surface area (Å²) in [6, 6.07) is 5.18. The third-order valence-electron chi connectivity index (χ3n) is 2.30. The number of carbonyl (C=O) groups excluding carboxylic acids is 1. The number of carbonyl (C=O) groups is 1. The monoisotopic (exact) mass is 277 g/mol. The van der Waals surface area contributed by atoms with E-state index in [1.54, 1.807) is 13.0 Å². The normalized spacial score (nSPS) is 11.5. The average Bonchev–Trinajstić information content (AvgIpc) is 2.22. The largest absolute Gasteiger partial charge is 0.466 e. The molecule has 0 fully saturated rings. The number of esters is 1. The van der Waals surface area contributed by atoms with Crippen LogP contribution in [-0.2, 0) is 9.53 Å². The fourth-order valence-electron chi connectivity index (χ4n) is 1.42. The smallest absolute Gasteiger partial charge is 0.307 e. The van der Waals surface area contributed by atoms with Gasteiger partial charge in [0.05, 0.1) is 13.0 Å². The van der Waals surface area contributed by atoms with Gasteiger partial charge in [0.1, 0.15) is 0 Å². The lowest BCUT2D eigenvalue weighted by Gasteiger charge is -2.12. The first-order valence-corrected chi connectivity index (χ1v) is 5.59. The van der Waals surface area contributed by atoms with E-state index in [0.29, 0.717) is 11.6 Å². The molecule has 96 valence electrons. The third-order valence-corrected chi connectivity index (χ3v) is 2.73. The summed E-state index contributed by atoms with van der Waals surface area (Å²) in [5.74, 6) is -0.275. The second-order valence-electron chi connectivity index (χ2n) is 3.62. The van der Waals surface area contributed by atoms with Gasteiger partial charge >= 0.3 is 5.97 Å². The minimum Gasteiger partial charge on any atom is -0.466 e. The Labute approximate surface area is 113 Å². The minimum atomic E-state index is -0.338. The van der Waals surface area contributed by atoms with Crippen LogP contribution in [0.25, 0.3) is 0 Å². The van der Waals surface area contributed by atoms with Gasteiger partial charge < -0.3 is 10.5 Å². The highest BCUT2D eigenvalue weighted by molar-refractivity contribution is 6.31. The first-order chi connectivity index (χ1) is 7.54. The van der Waals surface area contributed by atoms with Crippen molar-refractivity contribution in [3.05, 3.63) is 34.3 Å². The van der Waals surface area contributed by atoms with Gasteiger partial charge in [0.15, 0.2) is 0 Å². The summed E-state index contributed by atoms with van der Waals surface area (Å²) in [4.78, 5) is 11.3. The molecule has 0 radical (unpaired) electrons. The zero-order valence-corrected chi connectivity index (χ0v) is 11.5. The number of ether oxygens (including phenoxy) is 1. The molecule has 5 heteroatoms. The highest BCUT2D eigenvalue weighted by Gasteiger charge is 2.12. The van der Waals surface area contributed by atoms with E-state index in [2.05, 4.69) is 0 Å². The van der Waals surface area contributed by atoms with Gasteiger partial charge in [0.2, 0.25) is 0 Å². The van der Waals surface area contributed by atoms with Crippen LogP contribution in [0.2, 0.25) is 5.02 Å². The van der Waals surface area contributed by atoms with Crippen molar-refractivity contribution < 1.29 is 9.53 Å². The Morgan fingerprint density at radius 3 is 2.71 bits per heavy atom. The van der Waals surface area contributed by atoms with Crippen LogP contribution in [0.1, 0.15) is 30.5 Å². The van der Waals surface area contributed by atoms with Crippen LogP contribution in [0, 0.1) is 6.92 Å². The van der Waals surface area contributed by atoms with Crippen LogP contribution in [0.3, 0.4) is 0 Å². The van der Waals surface area contributed by atoms with E-state index < -0.39 is 0 Å². The van der Waals surface area contributed by atoms with Crippen LogP contribution in [0.4, 0.5) is 0 Å². The van der Waals surface area contributed by atoms with E-state index in [0.717, 1.165) is 11.1 Å². The second kappa shape index (κ2) is 7.54. The van der Waals surface area contributed by atoms with Gasteiger partial charge in [-0.05, 0) is 31.0 Å². The number of aryl methyl sites for hydroxylation is 1. The first-order valence-electron chi connectivity index (χ1n) is 5.21. The van der Waals surface area contributed by atoms with Gasteiger partial charge in [0, 0.05) is 11.1 Å². The molecule has 0 heterocycles. The van der Waals surface area contributed by atoms with Crippen molar-refractivity contribution in [3.63, 3.8) is 0 Å². The van der Waals surface area contributed by atoms with E-state index >= 15 is 0 Å². The Morgan fingerprint density at radius 1 is 1.53 bits per heavy atom. The number of rotatable bonds is 4. The molecule has 0 aromatic heterocycles. The molecule has 0 saturated heterocycles. The van der Waals surface area contributed by atoms with Crippen molar-refractivity contribution >= 4 is 30.0 Å². The van der Waals surface area contributed by atoms with Crippen LogP contribution < -0.4 is 5.73 Å². The maximum Gasteiger partial charge on any atom is 0.307 e. The van der Waals surface area contributed by atoms with E-state index in [-0.39, 0.29) is 30.8 Å². The second-order valence-corrected chi connectivity index (χ2v) is 4.03. The SMILES string of the molecule is CCOC(=O)C[C@@H](N)c1ccc(Cl)c(C)c1.Cl. The molecule has 17 heavy (non-hydrogen) atoms. The van der Waals surface area contributed by atoms with Crippen LogP contribution in [-0.4, -0.2) is 12.6 Å². The Balaban J connectivity index is 0.00000256. The first kappa shape index (κ1) is 16.2. The third kappa shape index (κ3) is 4.94. The maximum atomic E-state index is 11.3. The number of benzene rings is 1. The van der Waals surface area contributed by atoms with Gasteiger partial charge in [-0.2, -0.15) is 0 Å². The Morgan fingerprint density at radius 2 is 2.18 bits per heavy atom. The topological polar surface area (TPSA) is 52.3 Å². The summed E-state index contributed by atoms with van der Waals surface area (Å²) >= 11 is 5.91. The quantitative estimate of drug-likeness (QED) is 0.861. The Kier molecular flexibility index (Phi) is 7.19. The summed E-state index contributed by atoms with van der Waals surface area (Å²) in [5.41, 5.74) is 7.76. The van der Waals surface area contributed by atoms with Crippen molar-refractivity contribution in [3.8, 4) is 0 Å². The number of nitrogens with two attached hydrogens (primary N) is 1. The maximum absolute atomic E-state index is 11.3. The predicted octanol–water partition coefficient (Wildman–Crippen LogP) is 3.02. The van der Waals surface area contributed by atoms with E-state index in [4.69, 9.17) is 22.1 Å². The van der Waals surface area contributed by atoms with E-state index in [1.807, 2.05) is 19.1 Å². The highest BCUT2D eigenvalue weighted by Crippen LogP contribution is 2.21. The number of halogens is 2. The summed E-state index contributed by atoms with van der Waals surface area (Å²) in [5, 5.41) is 0.701. The van der Waals surface area contributed by atoms with Gasteiger partial charge in [-0.3, -0.25) is 4.79 Å². The molecule has 0 spiro atoms. The fourth-order valence-corrected chi connectivity index (χ4v) is 1.53. The van der Waals surface area contributed by atoms with Gasteiger partial charge in [0.25, 0.3) is 0 Å². The molecule has 0 bridgehead atoms. The Hall–Kier alpha value is -0.770. The molecule has 0 aliphatic heterocycles. The minimum absolute atomic E-state index is 0. The summed E-state index contributed by atoms with van der Waals surface area (Å²) in [6.45, 7) is 4.06. The molecule has 1 aromatic carbocycles. The van der Waals surface area contributed by atoms with E-state index in [9.17, 15) is 4.79 Å². The molecule has 2 N–H and O–H groups in total. The molecule has 0 saturated carbocycles. The molecule has 1 rings (SSSR count). The molecule has 0 aliphatic carbocycles. The van der Waals surface area contributed by atoms with Crippen LogP contribution in [0.5, 0.6) is 0 Å². The molecule has 1 atom stereocenters. The van der Waals surface area contributed by atoms with Crippen LogP contribution in [0.15, 0.2) is 18.2 Å². The number of hydrogen-bond donors (Lipinski definition) is 1. The summed E-state index contributed by atoms with van der Waals surface area (Å²) < 4.78 is 4.84. The summed E-state index contributed by atoms with van der Waals surface area (Å²) in [6.07, 6.45) is 0.189.